The number of nitrogens with two attached hydrogens (primary N) is 1. The molecular weight excluding hydrogens is 446 g/mol. The van der Waals surface area contributed by atoms with E-state index in [9.17, 15) is 0 Å². The van der Waals surface area contributed by atoms with Crippen molar-refractivity contribution in [2.45, 2.75) is 99.5 Å². The maximum Gasteiger partial charge on any atom is 0.238 e. The van der Waals surface area contributed by atoms with Crippen LogP contribution in [0.2, 0.25) is 0 Å². The van der Waals surface area contributed by atoms with Crippen LogP contribution in [0.5, 0.6) is 0 Å². The Kier molecular flexibility index (Phi) is 12.5. The van der Waals surface area contributed by atoms with Crippen molar-refractivity contribution in [1.82, 2.24) is 24.5 Å². The predicted octanol–water partition coefficient (Wildman–Crippen LogP) is 7.26. The highest BCUT2D eigenvalue weighted by Crippen LogP contribution is 2.28. The summed E-state index contributed by atoms with van der Waals surface area (Å²) in [7, 11) is 0. The van der Waals surface area contributed by atoms with E-state index in [-0.39, 0.29) is 5.95 Å². The summed E-state index contributed by atoms with van der Waals surface area (Å²) in [6, 6.07) is 6.90. The van der Waals surface area contributed by atoms with Crippen molar-refractivity contribution in [3.05, 3.63) is 36.3 Å². The summed E-state index contributed by atoms with van der Waals surface area (Å²) in [5.74, 6) is 0.247. The Balaban J connectivity index is 0.000000252. The predicted molar refractivity (Wildman–Crippen MR) is 154 cm³/mol. The number of aryl methyl sites for hydroxylation is 1. The van der Waals surface area contributed by atoms with Crippen LogP contribution in [0.15, 0.2) is 35.6 Å². The minimum absolute atomic E-state index is 0.247. The molecule has 3 aromatic rings. The zero-order valence-electron chi connectivity index (χ0n) is 23.6. The first-order valence-corrected chi connectivity index (χ1v) is 13.8. The number of nitrogens with zero attached hydrogens (tertiary/aromatic N) is 6. The number of rotatable bonds is 3. The number of nitrogen functional groups attached to an aromatic ring is 1. The number of aliphatic imine (C=N–C) groups is 1. The molecule has 2 fully saturated rings. The average Bonchev–Trinajstić information content (AvgIpc) is 3.25. The van der Waals surface area contributed by atoms with Crippen LogP contribution in [-0.4, -0.2) is 49.3 Å². The van der Waals surface area contributed by atoms with E-state index in [1.807, 2.05) is 59.0 Å². The van der Waals surface area contributed by atoms with Gasteiger partial charge in [0.2, 0.25) is 5.95 Å². The molecule has 198 valence electrons. The molecule has 2 aliphatic rings. The molecule has 0 aromatic carbocycles. The van der Waals surface area contributed by atoms with E-state index in [4.69, 9.17) is 5.73 Å². The van der Waals surface area contributed by atoms with Crippen LogP contribution in [0.1, 0.15) is 92.2 Å². The first kappa shape index (κ1) is 29.4. The van der Waals surface area contributed by atoms with E-state index < -0.39 is 0 Å². The molecule has 0 radical (unpaired) electrons. The lowest BCUT2D eigenvalue weighted by Crippen LogP contribution is -2.42. The summed E-state index contributed by atoms with van der Waals surface area (Å²) < 4.78 is 1.71. The molecule has 2 N–H and O–H groups in total. The van der Waals surface area contributed by atoms with Crippen LogP contribution < -0.4 is 5.73 Å². The van der Waals surface area contributed by atoms with E-state index in [0.717, 1.165) is 39.9 Å². The summed E-state index contributed by atoms with van der Waals surface area (Å²) in [5, 5.41) is 4.13. The quantitative estimate of drug-likeness (QED) is 0.388. The molecule has 0 atom stereocenters. The van der Waals surface area contributed by atoms with Crippen LogP contribution in [0.3, 0.4) is 0 Å². The Morgan fingerprint density at radius 2 is 1.69 bits per heavy atom. The molecule has 0 amide bonds. The van der Waals surface area contributed by atoms with Gasteiger partial charge in [-0.1, -0.05) is 47.0 Å². The number of fused-ring (bicyclic) bond motifs is 1. The normalized spacial score (nSPS) is 15.3. The van der Waals surface area contributed by atoms with Crippen LogP contribution in [0, 0.1) is 6.92 Å². The molecule has 1 aliphatic carbocycles. The van der Waals surface area contributed by atoms with E-state index in [0.29, 0.717) is 0 Å². The van der Waals surface area contributed by atoms with Gasteiger partial charge in [0.05, 0.1) is 28.8 Å². The van der Waals surface area contributed by atoms with Crippen molar-refractivity contribution in [2.24, 2.45) is 4.99 Å². The second-order valence-corrected chi connectivity index (χ2v) is 9.42. The summed E-state index contributed by atoms with van der Waals surface area (Å²) in [4.78, 5) is 15.8. The van der Waals surface area contributed by atoms with Crippen molar-refractivity contribution in [3.63, 3.8) is 0 Å². The standard InChI is InChI=1S/C15H16N6.C9H17N.C3H8.C2H6/c1-9(2)18-12-4-5-13(19-10(12)3)11-6-7-21-14(11)8-17-15(16)20-21;1-2-7-10(8-3-1)9-5-4-6-9;1-3-2;1-2/h4-8H,1-3H3,(H2,16,20);9H,1-8H2;3H2,1-2H3;1-2H3. The first-order chi connectivity index (χ1) is 17.4. The lowest BCUT2D eigenvalue weighted by molar-refractivity contribution is 0.105. The van der Waals surface area contributed by atoms with Crippen LogP contribution in [0.4, 0.5) is 11.6 Å². The Morgan fingerprint density at radius 1 is 1.03 bits per heavy atom. The topological polar surface area (TPSA) is 84.7 Å². The van der Waals surface area contributed by atoms with E-state index in [2.05, 4.69) is 38.8 Å². The van der Waals surface area contributed by atoms with E-state index in [1.165, 1.54) is 58.0 Å². The van der Waals surface area contributed by atoms with Gasteiger partial charge >= 0.3 is 0 Å². The van der Waals surface area contributed by atoms with Crippen molar-refractivity contribution >= 4 is 22.9 Å². The van der Waals surface area contributed by atoms with Crippen LogP contribution in [0.25, 0.3) is 16.8 Å². The molecule has 5 rings (SSSR count). The number of pyridine rings is 1. The lowest BCUT2D eigenvalue weighted by Gasteiger charge is -2.39. The Labute approximate surface area is 218 Å². The zero-order chi connectivity index (χ0) is 26.5. The number of piperidine rings is 1. The number of hydrogen-bond donors (Lipinski definition) is 1. The fraction of sp³-hybridized carbons (Fsp3) is 0.586. The molecule has 0 unspecified atom stereocenters. The maximum atomic E-state index is 5.59. The zero-order valence-corrected chi connectivity index (χ0v) is 23.6. The van der Waals surface area contributed by atoms with Crippen molar-refractivity contribution in [1.29, 1.82) is 0 Å². The number of anilines is 1. The third-order valence-electron chi connectivity index (χ3n) is 6.09. The minimum Gasteiger partial charge on any atom is -0.367 e. The smallest absolute Gasteiger partial charge is 0.238 e. The highest BCUT2D eigenvalue weighted by molar-refractivity contribution is 5.83. The molecule has 4 heterocycles. The van der Waals surface area contributed by atoms with Gasteiger partial charge in [-0.3, -0.25) is 9.98 Å². The molecular formula is C29H47N7. The monoisotopic (exact) mass is 493 g/mol. The van der Waals surface area contributed by atoms with Gasteiger partial charge in [-0.15, -0.1) is 5.10 Å². The minimum atomic E-state index is 0.247. The molecule has 1 saturated carbocycles. The second kappa shape index (κ2) is 15.3. The summed E-state index contributed by atoms with van der Waals surface area (Å²) in [6.07, 6.45) is 13.6. The summed E-state index contributed by atoms with van der Waals surface area (Å²) >= 11 is 0. The summed E-state index contributed by atoms with van der Waals surface area (Å²) in [5.41, 5.74) is 11.1. The molecule has 7 heteroatoms. The molecule has 36 heavy (non-hydrogen) atoms. The van der Waals surface area contributed by atoms with Gasteiger partial charge < -0.3 is 10.6 Å². The van der Waals surface area contributed by atoms with Crippen molar-refractivity contribution in [2.75, 3.05) is 18.8 Å². The third-order valence-corrected chi connectivity index (χ3v) is 6.09. The summed E-state index contributed by atoms with van der Waals surface area (Å²) in [6.45, 7) is 16.9. The highest BCUT2D eigenvalue weighted by Gasteiger charge is 2.25. The van der Waals surface area contributed by atoms with Gasteiger partial charge in [-0.25, -0.2) is 9.50 Å². The maximum absolute atomic E-state index is 5.59. The van der Waals surface area contributed by atoms with Gasteiger partial charge in [0, 0.05) is 23.5 Å². The molecule has 1 aliphatic heterocycles. The van der Waals surface area contributed by atoms with Crippen molar-refractivity contribution in [3.8, 4) is 11.3 Å². The van der Waals surface area contributed by atoms with Gasteiger partial charge in [0.1, 0.15) is 0 Å². The SMILES string of the molecule is C1CCN(C2CCC2)CC1.CC.CC(C)=Nc1ccc(-c2ccn3nc(N)ncc23)nc1C.CCC. The molecule has 3 aromatic heterocycles. The number of aromatic nitrogens is 4. The Bertz CT molecular complexity index is 1070. The van der Waals surface area contributed by atoms with E-state index in [1.54, 1.807) is 10.7 Å². The molecule has 0 bridgehead atoms. The average molecular weight is 494 g/mol. The first-order valence-electron chi connectivity index (χ1n) is 13.8. The van der Waals surface area contributed by atoms with Gasteiger partial charge in [0.25, 0.3) is 0 Å². The fourth-order valence-corrected chi connectivity index (χ4v) is 4.23. The Morgan fingerprint density at radius 3 is 2.25 bits per heavy atom. The molecule has 7 nitrogen and oxygen atoms in total. The lowest BCUT2D eigenvalue weighted by atomic mass is 9.90. The third kappa shape index (κ3) is 8.40. The second-order valence-electron chi connectivity index (χ2n) is 9.42. The van der Waals surface area contributed by atoms with Crippen LogP contribution >= 0.6 is 0 Å². The van der Waals surface area contributed by atoms with Crippen molar-refractivity contribution < 1.29 is 0 Å². The molecule has 1 saturated heterocycles. The fourth-order valence-electron chi connectivity index (χ4n) is 4.23. The number of hydrogen-bond acceptors (Lipinski definition) is 6. The van der Waals surface area contributed by atoms with Crippen LogP contribution in [-0.2, 0) is 0 Å². The van der Waals surface area contributed by atoms with Gasteiger partial charge in [-0.2, -0.15) is 0 Å². The largest absolute Gasteiger partial charge is 0.367 e. The highest BCUT2D eigenvalue weighted by atomic mass is 15.3. The molecule has 0 spiro atoms. The number of likely N-dealkylation sites (tertiary alicyclic amines) is 1. The Hall–Kier alpha value is -2.80. The van der Waals surface area contributed by atoms with Gasteiger partial charge in [-0.05, 0) is 77.7 Å². The van der Waals surface area contributed by atoms with E-state index >= 15 is 0 Å². The van der Waals surface area contributed by atoms with Gasteiger partial charge in [0.15, 0.2) is 0 Å².